The van der Waals surface area contributed by atoms with E-state index < -0.39 is 0 Å². The molecular weight excluding hydrogens is 877 g/mol. The molecule has 9 heteroatoms. The first-order valence-corrected chi connectivity index (χ1v) is 30.3. The molecule has 0 rings (SSSR count). The van der Waals surface area contributed by atoms with Crippen molar-refractivity contribution in [3.63, 3.8) is 0 Å². The molecule has 2 atom stereocenters. The number of allylic oxidation sites excluding steroid dienone is 4. The number of carbonyl (C=O) groups excluding carboxylic acids is 1. The number of hydrogen-bond acceptors (Lipinski definition) is 9. The first-order chi connectivity index (χ1) is 34.7. The van der Waals surface area contributed by atoms with Crippen molar-refractivity contribution in [2.75, 3.05) is 79.3 Å². The van der Waals surface area contributed by atoms with Crippen LogP contribution in [0.1, 0.15) is 271 Å². The van der Waals surface area contributed by atoms with Gasteiger partial charge in [0.15, 0.2) is 0 Å². The van der Waals surface area contributed by atoms with Crippen LogP contribution in [0.15, 0.2) is 24.3 Å². The Morgan fingerprint density at radius 3 is 1.11 bits per heavy atom. The number of rotatable bonds is 61. The van der Waals surface area contributed by atoms with Crippen molar-refractivity contribution in [3.05, 3.63) is 24.3 Å². The molecule has 416 valence electrons. The normalized spacial score (nSPS) is 12.8. The van der Waals surface area contributed by atoms with E-state index in [4.69, 9.17) is 38.3 Å². The molecule has 0 bridgehead atoms. The van der Waals surface area contributed by atoms with Crippen molar-refractivity contribution >= 4 is 5.97 Å². The van der Waals surface area contributed by atoms with Crippen molar-refractivity contribution in [2.24, 2.45) is 0 Å². The Morgan fingerprint density at radius 1 is 0.357 bits per heavy atom. The highest BCUT2D eigenvalue weighted by Crippen LogP contribution is 2.19. The van der Waals surface area contributed by atoms with Crippen molar-refractivity contribution in [3.8, 4) is 0 Å². The second-order valence-electron chi connectivity index (χ2n) is 20.0. The zero-order chi connectivity index (χ0) is 50.6. The van der Waals surface area contributed by atoms with Gasteiger partial charge in [-0.15, -0.1) is 0 Å². The molecular formula is C61H118O9. The van der Waals surface area contributed by atoms with Gasteiger partial charge in [-0.25, -0.2) is 4.79 Å². The van der Waals surface area contributed by atoms with Crippen LogP contribution in [0.25, 0.3) is 0 Å². The Balaban J connectivity index is 4.99. The second-order valence-corrected chi connectivity index (χ2v) is 20.0. The summed E-state index contributed by atoms with van der Waals surface area (Å²) in [5.74, 6) is -0.359. The van der Waals surface area contributed by atoms with Gasteiger partial charge in [0.1, 0.15) is 18.8 Å². The van der Waals surface area contributed by atoms with Gasteiger partial charge in [-0.1, -0.05) is 218 Å². The monoisotopic (exact) mass is 995 g/mol. The van der Waals surface area contributed by atoms with Crippen molar-refractivity contribution in [2.45, 2.75) is 283 Å². The Labute approximate surface area is 434 Å². The number of carbonyl (C=O) groups is 1. The molecule has 0 aliphatic carbocycles. The molecule has 0 fully saturated rings. The van der Waals surface area contributed by atoms with Crippen LogP contribution in [0.4, 0.5) is 0 Å². The van der Waals surface area contributed by atoms with E-state index in [0.29, 0.717) is 66.1 Å². The fourth-order valence-corrected chi connectivity index (χ4v) is 8.73. The van der Waals surface area contributed by atoms with E-state index in [2.05, 4.69) is 45.1 Å². The van der Waals surface area contributed by atoms with Gasteiger partial charge in [-0.05, 0) is 77.0 Å². The lowest BCUT2D eigenvalue weighted by Crippen LogP contribution is -2.38. The standard InChI is InChI=1S/C61H118O9/c1-4-7-10-13-16-19-22-24-26-28-30-32-35-38-41-44-48-67-57-60(69-49-45-42-39-36-33-31-29-27-25-23-20-17-14-11-8-5-2)59(46-43-40-37-34-21-18-15-12-9-6-3)70-61(63)58-68-56-55-66-54-53-65-52-51-64-50-47-62/h24-27,59-60,62H,4-23,28-58H2,1-3H3/b26-24-,27-25-. The molecule has 0 aromatic heterocycles. The highest BCUT2D eigenvalue weighted by molar-refractivity contribution is 5.70. The number of ether oxygens (including phenoxy) is 7. The third kappa shape index (κ3) is 56.0. The van der Waals surface area contributed by atoms with E-state index in [0.717, 1.165) is 38.5 Å². The van der Waals surface area contributed by atoms with Gasteiger partial charge in [0.25, 0.3) is 0 Å². The van der Waals surface area contributed by atoms with Crippen LogP contribution in [0.2, 0.25) is 0 Å². The summed E-state index contributed by atoms with van der Waals surface area (Å²) < 4.78 is 41.1. The van der Waals surface area contributed by atoms with Crippen LogP contribution in [-0.2, 0) is 38.0 Å². The first kappa shape index (κ1) is 68.7. The third-order valence-corrected chi connectivity index (χ3v) is 13.2. The van der Waals surface area contributed by atoms with Crippen LogP contribution in [-0.4, -0.2) is 103 Å². The smallest absolute Gasteiger partial charge is 0.332 e. The Kier molecular flexibility index (Phi) is 60.8. The summed E-state index contributed by atoms with van der Waals surface area (Å²) in [6.45, 7) is 11.3. The summed E-state index contributed by atoms with van der Waals surface area (Å²) in [4.78, 5) is 13.3. The molecule has 0 aromatic carbocycles. The van der Waals surface area contributed by atoms with Gasteiger partial charge in [0.2, 0.25) is 0 Å². The van der Waals surface area contributed by atoms with Gasteiger partial charge in [-0.2, -0.15) is 0 Å². The van der Waals surface area contributed by atoms with E-state index >= 15 is 0 Å². The van der Waals surface area contributed by atoms with Crippen LogP contribution >= 0.6 is 0 Å². The van der Waals surface area contributed by atoms with Crippen LogP contribution in [0, 0.1) is 0 Å². The van der Waals surface area contributed by atoms with Crippen LogP contribution < -0.4 is 0 Å². The summed E-state index contributed by atoms with van der Waals surface area (Å²) in [5.41, 5.74) is 0. The third-order valence-electron chi connectivity index (χ3n) is 13.2. The molecule has 0 radical (unpaired) electrons. The van der Waals surface area contributed by atoms with E-state index in [1.165, 1.54) is 212 Å². The van der Waals surface area contributed by atoms with Gasteiger partial charge in [0, 0.05) is 13.2 Å². The minimum absolute atomic E-state index is 0.0100. The van der Waals surface area contributed by atoms with Gasteiger partial charge >= 0.3 is 5.97 Å². The average Bonchev–Trinajstić information content (AvgIpc) is 3.36. The molecule has 0 aliphatic rings. The summed E-state index contributed by atoms with van der Waals surface area (Å²) >= 11 is 0. The predicted molar refractivity (Wildman–Crippen MR) is 296 cm³/mol. The molecule has 0 saturated heterocycles. The highest BCUT2D eigenvalue weighted by atomic mass is 16.6. The van der Waals surface area contributed by atoms with Crippen LogP contribution in [0.3, 0.4) is 0 Å². The molecule has 0 amide bonds. The SMILES string of the molecule is CCCCCCCC/C=C\CCCCCCCCOCC(OCCCCCCCC/C=C\CCCCCCCC)C(CCCCCCCCCCCC)OC(=O)COCCOCCOCCOCCO. The summed E-state index contributed by atoms with van der Waals surface area (Å²) in [5, 5.41) is 8.79. The van der Waals surface area contributed by atoms with E-state index in [9.17, 15) is 4.79 Å². The van der Waals surface area contributed by atoms with Crippen LogP contribution in [0.5, 0.6) is 0 Å². The Bertz CT molecular complexity index is 1040. The maximum Gasteiger partial charge on any atom is 0.332 e. The molecule has 0 saturated carbocycles. The number of hydrogen-bond donors (Lipinski definition) is 1. The topological polar surface area (TPSA) is 102 Å². The minimum atomic E-state index is -0.367. The number of aliphatic hydroxyl groups is 1. The lowest BCUT2D eigenvalue weighted by molar-refractivity contribution is -0.167. The molecule has 0 aromatic rings. The predicted octanol–water partition coefficient (Wildman–Crippen LogP) is 16.7. The zero-order valence-corrected chi connectivity index (χ0v) is 46.7. The molecule has 2 unspecified atom stereocenters. The quantitative estimate of drug-likeness (QED) is 0.0363. The summed E-state index contributed by atoms with van der Waals surface area (Å²) in [7, 11) is 0. The average molecular weight is 996 g/mol. The molecule has 9 nitrogen and oxygen atoms in total. The number of aliphatic hydroxyl groups excluding tert-OH is 1. The first-order valence-electron chi connectivity index (χ1n) is 30.3. The number of esters is 1. The summed E-state index contributed by atoms with van der Waals surface area (Å²) in [6.07, 6.45) is 58.2. The lowest BCUT2D eigenvalue weighted by Gasteiger charge is -2.27. The van der Waals surface area contributed by atoms with Crippen molar-refractivity contribution in [1.29, 1.82) is 0 Å². The van der Waals surface area contributed by atoms with Gasteiger partial charge < -0.3 is 38.3 Å². The maximum absolute atomic E-state index is 13.3. The summed E-state index contributed by atoms with van der Waals surface area (Å²) in [6, 6.07) is 0. The fraction of sp³-hybridized carbons (Fsp3) is 0.918. The van der Waals surface area contributed by atoms with Crippen molar-refractivity contribution in [1.82, 2.24) is 0 Å². The Morgan fingerprint density at radius 2 is 0.700 bits per heavy atom. The maximum atomic E-state index is 13.3. The molecule has 0 spiro atoms. The van der Waals surface area contributed by atoms with Crippen molar-refractivity contribution < 1.29 is 43.1 Å². The van der Waals surface area contributed by atoms with Gasteiger partial charge in [-0.3, -0.25) is 0 Å². The molecule has 1 N–H and O–H groups in total. The van der Waals surface area contributed by atoms with E-state index in [1.54, 1.807) is 0 Å². The minimum Gasteiger partial charge on any atom is -0.458 e. The second kappa shape index (κ2) is 62.0. The van der Waals surface area contributed by atoms with Gasteiger partial charge in [0.05, 0.1) is 59.5 Å². The largest absolute Gasteiger partial charge is 0.458 e. The lowest BCUT2D eigenvalue weighted by atomic mass is 10.0. The highest BCUT2D eigenvalue weighted by Gasteiger charge is 2.26. The number of unbranched alkanes of at least 4 members (excludes halogenated alkanes) is 33. The van der Waals surface area contributed by atoms with E-state index in [-0.39, 0.29) is 31.4 Å². The Hall–Kier alpha value is -1.33. The zero-order valence-electron chi connectivity index (χ0n) is 46.7. The van der Waals surface area contributed by atoms with E-state index in [1.807, 2.05) is 0 Å². The molecule has 0 heterocycles. The molecule has 0 aliphatic heterocycles. The fourth-order valence-electron chi connectivity index (χ4n) is 8.73. The molecule has 70 heavy (non-hydrogen) atoms.